The summed E-state index contributed by atoms with van der Waals surface area (Å²) in [6.45, 7) is 2.20. The summed E-state index contributed by atoms with van der Waals surface area (Å²) in [5, 5.41) is 6.91. The third-order valence-corrected chi connectivity index (χ3v) is 5.13. The van der Waals surface area contributed by atoms with E-state index in [9.17, 15) is 9.59 Å². The molecule has 2 aromatic heterocycles. The first-order valence-corrected chi connectivity index (χ1v) is 9.09. The monoisotopic (exact) mass is 386 g/mol. The van der Waals surface area contributed by atoms with Gasteiger partial charge in [0, 0.05) is 12.0 Å². The highest BCUT2D eigenvalue weighted by molar-refractivity contribution is 5.81. The molecule has 3 aromatic rings. The fraction of sp³-hybridized carbons (Fsp3) is 0.444. The predicted molar refractivity (Wildman–Crippen MR) is 102 cm³/mol. The number of ether oxygens (including phenoxy) is 2. The molecule has 0 aliphatic carbocycles. The van der Waals surface area contributed by atoms with Crippen molar-refractivity contribution in [2.75, 3.05) is 27.3 Å². The molecule has 28 heavy (non-hydrogen) atoms. The number of hydrogen-bond acceptors (Lipinski definition) is 7. The minimum atomic E-state index is -0.276. The van der Waals surface area contributed by atoms with Gasteiger partial charge >= 0.3 is 5.69 Å². The number of H-pyrrole nitrogens is 3. The van der Waals surface area contributed by atoms with Crippen molar-refractivity contribution < 1.29 is 9.47 Å². The van der Waals surface area contributed by atoms with Crippen LogP contribution in [0.5, 0.6) is 11.5 Å². The van der Waals surface area contributed by atoms with Gasteiger partial charge in [-0.15, -0.1) is 0 Å². The lowest BCUT2D eigenvalue weighted by molar-refractivity contribution is 0.197. The van der Waals surface area contributed by atoms with E-state index in [4.69, 9.17) is 9.47 Å². The lowest BCUT2D eigenvalue weighted by Crippen LogP contribution is -2.34. The van der Waals surface area contributed by atoms with Crippen LogP contribution in [0.1, 0.15) is 30.4 Å². The summed E-state index contributed by atoms with van der Waals surface area (Å²) in [6.07, 6.45) is 1.76. The van der Waals surface area contributed by atoms with E-state index in [1.54, 1.807) is 19.2 Å². The van der Waals surface area contributed by atoms with Crippen molar-refractivity contribution in [2.24, 2.45) is 0 Å². The molecule has 10 heteroatoms. The molecule has 0 atom stereocenters. The van der Waals surface area contributed by atoms with Crippen LogP contribution in [0, 0.1) is 0 Å². The van der Waals surface area contributed by atoms with Gasteiger partial charge in [-0.05, 0) is 32.0 Å². The minimum absolute atomic E-state index is 0.204. The Kier molecular flexibility index (Phi) is 4.86. The summed E-state index contributed by atoms with van der Waals surface area (Å²) in [5.41, 5.74) is 0.0905. The zero-order valence-corrected chi connectivity index (χ0v) is 15.7. The van der Waals surface area contributed by atoms with E-state index in [0.29, 0.717) is 40.6 Å². The van der Waals surface area contributed by atoms with Crippen molar-refractivity contribution in [1.29, 1.82) is 0 Å². The summed E-state index contributed by atoms with van der Waals surface area (Å²) in [5.74, 6) is 2.58. The number of aromatic amines is 3. The van der Waals surface area contributed by atoms with Gasteiger partial charge in [-0.2, -0.15) is 5.10 Å². The van der Waals surface area contributed by atoms with Crippen LogP contribution in [0.25, 0.3) is 10.9 Å². The third kappa shape index (κ3) is 3.50. The number of nitrogens with one attached hydrogen (secondary N) is 3. The van der Waals surface area contributed by atoms with Crippen LogP contribution in [0.2, 0.25) is 0 Å². The van der Waals surface area contributed by atoms with Crippen molar-refractivity contribution in [3.63, 3.8) is 0 Å². The number of rotatable bonds is 5. The molecule has 0 saturated carbocycles. The number of hydrogen-bond donors (Lipinski definition) is 3. The van der Waals surface area contributed by atoms with E-state index in [1.807, 2.05) is 0 Å². The first-order chi connectivity index (χ1) is 13.6. The van der Waals surface area contributed by atoms with Gasteiger partial charge < -0.3 is 14.5 Å². The SMILES string of the molecule is COc1cc2nc(CN3CCC(c4n[nH]c(=O)[nH]4)CC3)[nH]c(=O)c2cc1OC. The Balaban J connectivity index is 1.50. The molecule has 148 valence electrons. The van der Waals surface area contributed by atoms with Gasteiger partial charge in [-0.3, -0.25) is 14.7 Å². The normalized spacial score (nSPS) is 15.8. The number of benzene rings is 1. The van der Waals surface area contributed by atoms with Gasteiger partial charge in [0.2, 0.25) is 0 Å². The maximum absolute atomic E-state index is 12.5. The van der Waals surface area contributed by atoms with Crippen molar-refractivity contribution in [1.82, 2.24) is 30.0 Å². The second kappa shape index (κ2) is 7.47. The average Bonchev–Trinajstić information content (AvgIpc) is 3.14. The van der Waals surface area contributed by atoms with Gasteiger partial charge in [0.1, 0.15) is 11.6 Å². The van der Waals surface area contributed by atoms with Crippen LogP contribution in [0.15, 0.2) is 21.7 Å². The van der Waals surface area contributed by atoms with E-state index in [0.717, 1.165) is 25.9 Å². The zero-order chi connectivity index (χ0) is 19.7. The number of likely N-dealkylation sites (tertiary alicyclic amines) is 1. The van der Waals surface area contributed by atoms with Gasteiger partial charge in [0.25, 0.3) is 5.56 Å². The molecule has 4 rings (SSSR count). The largest absolute Gasteiger partial charge is 0.493 e. The molecule has 1 fully saturated rings. The highest BCUT2D eigenvalue weighted by Crippen LogP contribution is 2.30. The first kappa shape index (κ1) is 18.2. The predicted octanol–water partition coefficient (Wildman–Crippen LogP) is 0.731. The van der Waals surface area contributed by atoms with Crippen molar-refractivity contribution in [3.8, 4) is 11.5 Å². The number of methoxy groups -OCH3 is 2. The number of fused-ring (bicyclic) bond motifs is 1. The molecule has 3 N–H and O–H groups in total. The molecule has 1 aromatic carbocycles. The van der Waals surface area contributed by atoms with Crippen molar-refractivity contribution in [2.45, 2.75) is 25.3 Å². The summed E-state index contributed by atoms with van der Waals surface area (Å²) in [6, 6.07) is 3.35. The van der Waals surface area contributed by atoms with E-state index >= 15 is 0 Å². The second-order valence-corrected chi connectivity index (χ2v) is 6.85. The third-order valence-electron chi connectivity index (χ3n) is 5.13. The summed E-state index contributed by atoms with van der Waals surface area (Å²) >= 11 is 0. The maximum atomic E-state index is 12.5. The van der Waals surface area contributed by atoms with Crippen LogP contribution < -0.4 is 20.7 Å². The van der Waals surface area contributed by atoms with Crippen LogP contribution in [0.4, 0.5) is 0 Å². The van der Waals surface area contributed by atoms with Gasteiger partial charge in [-0.1, -0.05) is 0 Å². The molecular formula is C18H22N6O4. The van der Waals surface area contributed by atoms with Gasteiger partial charge in [0.05, 0.1) is 31.7 Å². The highest BCUT2D eigenvalue weighted by Gasteiger charge is 2.23. The molecule has 0 bridgehead atoms. The molecule has 1 aliphatic heterocycles. The smallest absolute Gasteiger partial charge is 0.340 e. The molecule has 0 spiro atoms. The molecule has 10 nitrogen and oxygen atoms in total. The first-order valence-electron chi connectivity index (χ1n) is 9.09. The van der Waals surface area contributed by atoms with Crippen LogP contribution in [-0.4, -0.2) is 57.4 Å². The Bertz CT molecular complexity index is 1090. The number of nitrogens with zero attached hydrogens (tertiary/aromatic N) is 3. The average molecular weight is 386 g/mol. The van der Waals surface area contributed by atoms with Gasteiger partial charge in [0.15, 0.2) is 11.5 Å². The van der Waals surface area contributed by atoms with Crippen LogP contribution in [0.3, 0.4) is 0 Å². The minimum Gasteiger partial charge on any atom is -0.493 e. The summed E-state index contributed by atoms with van der Waals surface area (Å²) in [4.78, 5) is 36.1. The highest BCUT2D eigenvalue weighted by atomic mass is 16.5. The Labute approximate surface area is 159 Å². The quantitative estimate of drug-likeness (QED) is 0.589. The van der Waals surface area contributed by atoms with E-state index in [1.165, 1.54) is 7.11 Å². The molecule has 0 radical (unpaired) electrons. The fourth-order valence-electron chi connectivity index (χ4n) is 3.64. The molecule has 1 aliphatic rings. The summed E-state index contributed by atoms with van der Waals surface area (Å²) < 4.78 is 10.6. The Hall–Kier alpha value is -3.14. The Morgan fingerprint density at radius 1 is 1.11 bits per heavy atom. The lowest BCUT2D eigenvalue weighted by Gasteiger charge is -2.30. The number of piperidine rings is 1. The lowest BCUT2D eigenvalue weighted by atomic mass is 9.96. The topological polar surface area (TPSA) is 129 Å². The molecule has 1 saturated heterocycles. The van der Waals surface area contributed by atoms with Gasteiger partial charge in [-0.25, -0.2) is 14.9 Å². The Morgan fingerprint density at radius 3 is 2.46 bits per heavy atom. The molecule has 0 amide bonds. The zero-order valence-electron chi connectivity index (χ0n) is 15.7. The Morgan fingerprint density at radius 2 is 1.82 bits per heavy atom. The molecular weight excluding hydrogens is 364 g/mol. The van der Waals surface area contributed by atoms with E-state index in [-0.39, 0.29) is 17.2 Å². The second-order valence-electron chi connectivity index (χ2n) is 6.85. The molecule has 3 heterocycles. The summed E-state index contributed by atoms with van der Waals surface area (Å²) in [7, 11) is 3.08. The number of aromatic nitrogens is 5. The maximum Gasteiger partial charge on any atom is 0.340 e. The van der Waals surface area contributed by atoms with Crippen LogP contribution in [-0.2, 0) is 6.54 Å². The molecule has 0 unspecified atom stereocenters. The van der Waals surface area contributed by atoms with Crippen LogP contribution >= 0.6 is 0 Å². The standard InChI is InChI=1S/C18H22N6O4/c1-27-13-7-11-12(8-14(13)28-2)19-15(20-17(11)25)9-24-5-3-10(4-6-24)16-21-18(26)23-22-16/h7-8,10H,3-6,9H2,1-2H3,(H,19,20,25)(H2,21,22,23,26). The van der Waals surface area contributed by atoms with E-state index in [2.05, 4.69) is 30.0 Å². The van der Waals surface area contributed by atoms with Crippen molar-refractivity contribution in [3.05, 3.63) is 44.6 Å². The van der Waals surface area contributed by atoms with E-state index < -0.39 is 0 Å². The fourth-order valence-corrected chi connectivity index (χ4v) is 3.64. The van der Waals surface area contributed by atoms with Crippen molar-refractivity contribution >= 4 is 10.9 Å².